The molecule has 3 N–H and O–H groups in total. The van der Waals surface area contributed by atoms with Crippen LogP contribution >= 0.6 is 0 Å². The Morgan fingerprint density at radius 1 is 1.50 bits per heavy atom. The van der Waals surface area contributed by atoms with Gasteiger partial charge in [0.05, 0.1) is 0 Å². The molecule has 1 saturated carbocycles. The summed E-state index contributed by atoms with van der Waals surface area (Å²) in [5, 5.41) is 3.17. The average molecular weight is 193 g/mol. The van der Waals surface area contributed by atoms with Crippen molar-refractivity contribution in [2.24, 2.45) is 11.8 Å². The predicted octanol–water partition coefficient (Wildman–Crippen LogP) is 0.912. The standard InChI is InChI=1S/C9H15N5/c1-2-6-3-7(6)4-11-9-13-5-12-8(10)14-9/h5-7H,2-4H2,1H3,(H3,10,11,12,13,14). The van der Waals surface area contributed by atoms with Crippen LogP contribution in [0.15, 0.2) is 6.33 Å². The number of nitrogen functional groups attached to an aromatic ring is 1. The topological polar surface area (TPSA) is 76.7 Å². The minimum absolute atomic E-state index is 0.269. The fourth-order valence-electron chi connectivity index (χ4n) is 1.68. The average Bonchev–Trinajstić information content (AvgIpc) is 2.93. The van der Waals surface area contributed by atoms with E-state index in [0.29, 0.717) is 5.95 Å². The van der Waals surface area contributed by atoms with Crippen LogP contribution in [0.3, 0.4) is 0 Å². The first-order valence-electron chi connectivity index (χ1n) is 4.98. The van der Waals surface area contributed by atoms with Crippen molar-refractivity contribution in [3.05, 3.63) is 6.33 Å². The summed E-state index contributed by atoms with van der Waals surface area (Å²) in [6, 6.07) is 0. The molecular formula is C9H15N5. The van der Waals surface area contributed by atoms with Gasteiger partial charge in [0.2, 0.25) is 11.9 Å². The normalized spacial score (nSPS) is 24.6. The van der Waals surface area contributed by atoms with Gasteiger partial charge in [0.1, 0.15) is 6.33 Å². The van der Waals surface area contributed by atoms with Gasteiger partial charge in [-0.2, -0.15) is 4.98 Å². The maximum absolute atomic E-state index is 5.43. The molecule has 1 aromatic rings. The molecule has 1 heterocycles. The van der Waals surface area contributed by atoms with E-state index in [1.54, 1.807) is 0 Å². The van der Waals surface area contributed by atoms with E-state index in [1.807, 2.05) is 0 Å². The Bertz CT molecular complexity index is 314. The molecule has 76 valence electrons. The number of hydrogen-bond acceptors (Lipinski definition) is 5. The number of nitrogens with zero attached hydrogens (tertiary/aromatic N) is 3. The number of rotatable bonds is 4. The lowest BCUT2D eigenvalue weighted by molar-refractivity contribution is 0.699. The summed E-state index contributed by atoms with van der Waals surface area (Å²) in [5.41, 5.74) is 5.43. The maximum atomic E-state index is 5.43. The van der Waals surface area contributed by atoms with Gasteiger partial charge in [-0.25, -0.2) is 9.97 Å². The molecule has 1 aromatic heterocycles. The smallest absolute Gasteiger partial charge is 0.227 e. The summed E-state index contributed by atoms with van der Waals surface area (Å²) in [7, 11) is 0. The van der Waals surface area contributed by atoms with Crippen LogP contribution in [0.5, 0.6) is 0 Å². The lowest BCUT2D eigenvalue weighted by Crippen LogP contribution is -2.09. The Labute approximate surface area is 83.2 Å². The summed E-state index contributed by atoms with van der Waals surface area (Å²) in [6.07, 6.45) is 4.02. The molecule has 2 atom stereocenters. The van der Waals surface area contributed by atoms with Crippen molar-refractivity contribution in [1.29, 1.82) is 0 Å². The van der Waals surface area contributed by atoms with E-state index in [0.717, 1.165) is 18.4 Å². The third kappa shape index (κ3) is 2.10. The molecule has 0 spiro atoms. The van der Waals surface area contributed by atoms with E-state index in [2.05, 4.69) is 27.2 Å². The molecule has 2 unspecified atom stereocenters. The van der Waals surface area contributed by atoms with E-state index in [-0.39, 0.29) is 5.95 Å². The van der Waals surface area contributed by atoms with Crippen LogP contribution < -0.4 is 11.1 Å². The molecule has 5 nitrogen and oxygen atoms in total. The minimum atomic E-state index is 0.269. The highest BCUT2D eigenvalue weighted by Gasteiger charge is 2.34. The van der Waals surface area contributed by atoms with Crippen molar-refractivity contribution in [2.45, 2.75) is 19.8 Å². The van der Waals surface area contributed by atoms with Gasteiger partial charge in [0.15, 0.2) is 0 Å². The molecular weight excluding hydrogens is 178 g/mol. The first-order chi connectivity index (χ1) is 6.79. The van der Waals surface area contributed by atoms with Crippen molar-refractivity contribution in [1.82, 2.24) is 15.0 Å². The Morgan fingerprint density at radius 2 is 2.36 bits per heavy atom. The van der Waals surface area contributed by atoms with Gasteiger partial charge in [0, 0.05) is 6.54 Å². The van der Waals surface area contributed by atoms with E-state index in [1.165, 1.54) is 19.2 Å². The summed E-state index contributed by atoms with van der Waals surface area (Å²) < 4.78 is 0. The highest BCUT2D eigenvalue weighted by molar-refractivity contribution is 5.29. The van der Waals surface area contributed by atoms with Crippen LogP contribution in [0.2, 0.25) is 0 Å². The molecule has 1 aliphatic carbocycles. The van der Waals surface area contributed by atoms with Gasteiger partial charge in [0.25, 0.3) is 0 Å². The Morgan fingerprint density at radius 3 is 3.00 bits per heavy atom. The van der Waals surface area contributed by atoms with Crippen molar-refractivity contribution in [3.8, 4) is 0 Å². The molecule has 0 amide bonds. The Hall–Kier alpha value is -1.39. The molecule has 1 fully saturated rings. The number of nitrogens with two attached hydrogens (primary N) is 1. The molecule has 0 aliphatic heterocycles. The predicted molar refractivity (Wildman–Crippen MR) is 54.6 cm³/mol. The number of nitrogens with one attached hydrogen (secondary N) is 1. The lowest BCUT2D eigenvalue weighted by atomic mass is 10.2. The van der Waals surface area contributed by atoms with Gasteiger partial charge in [-0.05, 0) is 18.3 Å². The second kappa shape index (κ2) is 3.77. The maximum Gasteiger partial charge on any atom is 0.227 e. The van der Waals surface area contributed by atoms with Gasteiger partial charge in [-0.3, -0.25) is 0 Å². The molecule has 0 bridgehead atoms. The van der Waals surface area contributed by atoms with Gasteiger partial charge in [-0.1, -0.05) is 13.3 Å². The zero-order chi connectivity index (χ0) is 9.97. The molecule has 0 radical (unpaired) electrons. The van der Waals surface area contributed by atoms with Gasteiger partial charge in [-0.15, -0.1) is 0 Å². The third-order valence-corrected chi connectivity index (χ3v) is 2.71. The van der Waals surface area contributed by atoms with E-state index in [4.69, 9.17) is 5.73 Å². The summed E-state index contributed by atoms with van der Waals surface area (Å²) >= 11 is 0. The van der Waals surface area contributed by atoms with Crippen molar-refractivity contribution < 1.29 is 0 Å². The lowest BCUT2D eigenvalue weighted by Gasteiger charge is -2.02. The number of hydrogen-bond donors (Lipinski definition) is 2. The van der Waals surface area contributed by atoms with Crippen LogP contribution in [-0.4, -0.2) is 21.5 Å². The van der Waals surface area contributed by atoms with Crippen LogP contribution in [0, 0.1) is 11.8 Å². The van der Waals surface area contributed by atoms with Crippen molar-refractivity contribution in [2.75, 3.05) is 17.6 Å². The monoisotopic (exact) mass is 193 g/mol. The van der Waals surface area contributed by atoms with Crippen LogP contribution in [0.4, 0.5) is 11.9 Å². The molecule has 1 aliphatic rings. The largest absolute Gasteiger partial charge is 0.368 e. The Kier molecular flexibility index (Phi) is 2.47. The minimum Gasteiger partial charge on any atom is -0.368 e. The van der Waals surface area contributed by atoms with E-state index in [9.17, 15) is 0 Å². The van der Waals surface area contributed by atoms with Crippen LogP contribution in [-0.2, 0) is 0 Å². The van der Waals surface area contributed by atoms with Crippen LogP contribution in [0.25, 0.3) is 0 Å². The molecule has 2 rings (SSSR count). The number of anilines is 2. The van der Waals surface area contributed by atoms with Gasteiger partial charge < -0.3 is 11.1 Å². The molecule has 0 saturated heterocycles. The highest BCUT2D eigenvalue weighted by atomic mass is 15.2. The molecule has 14 heavy (non-hydrogen) atoms. The summed E-state index contributed by atoms with van der Waals surface area (Å²) in [5.74, 6) is 2.53. The highest BCUT2D eigenvalue weighted by Crippen LogP contribution is 2.40. The molecule has 5 heteroatoms. The fourth-order valence-corrected chi connectivity index (χ4v) is 1.68. The zero-order valence-corrected chi connectivity index (χ0v) is 8.27. The zero-order valence-electron chi connectivity index (χ0n) is 8.27. The third-order valence-electron chi connectivity index (χ3n) is 2.71. The quantitative estimate of drug-likeness (QED) is 0.743. The van der Waals surface area contributed by atoms with Gasteiger partial charge >= 0.3 is 0 Å². The van der Waals surface area contributed by atoms with Crippen molar-refractivity contribution in [3.63, 3.8) is 0 Å². The SMILES string of the molecule is CCC1CC1CNc1ncnc(N)n1. The first kappa shape index (κ1) is 9.18. The van der Waals surface area contributed by atoms with Crippen LogP contribution in [0.1, 0.15) is 19.8 Å². The number of aromatic nitrogens is 3. The van der Waals surface area contributed by atoms with Crippen molar-refractivity contribution >= 4 is 11.9 Å². The summed E-state index contributed by atoms with van der Waals surface area (Å²) in [4.78, 5) is 11.7. The Balaban J connectivity index is 1.81. The fraction of sp³-hybridized carbons (Fsp3) is 0.667. The van der Waals surface area contributed by atoms with E-state index < -0.39 is 0 Å². The molecule has 0 aromatic carbocycles. The van der Waals surface area contributed by atoms with E-state index >= 15 is 0 Å². The second-order valence-electron chi connectivity index (χ2n) is 3.71. The summed E-state index contributed by atoms with van der Waals surface area (Å²) in [6.45, 7) is 3.17. The second-order valence-corrected chi connectivity index (χ2v) is 3.71. The first-order valence-corrected chi connectivity index (χ1v) is 4.98.